The van der Waals surface area contributed by atoms with Crippen molar-refractivity contribution in [3.63, 3.8) is 0 Å². The molecule has 0 aliphatic carbocycles. The Bertz CT molecular complexity index is 614. The topological polar surface area (TPSA) is 42.5 Å². The van der Waals surface area contributed by atoms with Crippen molar-refractivity contribution in [2.24, 2.45) is 0 Å². The van der Waals surface area contributed by atoms with E-state index >= 15 is 0 Å². The van der Waals surface area contributed by atoms with Gasteiger partial charge in [0.15, 0.2) is 5.11 Å². The molecule has 0 radical (unpaired) electrons. The second-order valence-corrected chi connectivity index (χ2v) is 5.22. The molecule has 22 heavy (non-hydrogen) atoms. The number of hydrogen-bond donors (Lipinski definition) is 2. The monoisotopic (exact) mass is 316 g/mol. The molecule has 0 fully saturated rings. The maximum absolute atomic E-state index is 5.81. The first-order valence-electron chi connectivity index (χ1n) is 7.06. The predicted molar refractivity (Wildman–Crippen MR) is 93.8 cm³/mol. The summed E-state index contributed by atoms with van der Waals surface area (Å²) < 4.78 is 10.8. The third-order valence-electron chi connectivity index (χ3n) is 2.93. The van der Waals surface area contributed by atoms with Crippen LogP contribution in [0.1, 0.15) is 5.56 Å². The smallest absolute Gasteiger partial charge is 0.170 e. The van der Waals surface area contributed by atoms with E-state index in [0.717, 1.165) is 17.2 Å². The Morgan fingerprint density at radius 2 is 1.86 bits per heavy atom. The van der Waals surface area contributed by atoms with Crippen molar-refractivity contribution in [1.82, 2.24) is 5.32 Å². The summed E-state index contributed by atoms with van der Waals surface area (Å²) in [6.07, 6.45) is 0. The number of methoxy groups -OCH3 is 1. The van der Waals surface area contributed by atoms with Crippen molar-refractivity contribution < 1.29 is 9.47 Å². The molecule has 0 aromatic heterocycles. The van der Waals surface area contributed by atoms with Crippen LogP contribution in [0.5, 0.6) is 11.5 Å². The number of thiocarbonyl (C=S) groups is 1. The van der Waals surface area contributed by atoms with Gasteiger partial charge in [-0.15, -0.1) is 0 Å². The minimum atomic E-state index is 0.574. The van der Waals surface area contributed by atoms with E-state index in [4.69, 9.17) is 21.7 Å². The zero-order valence-corrected chi connectivity index (χ0v) is 13.6. The molecule has 0 amide bonds. The van der Waals surface area contributed by atoms with Crippen molar-refractivity contribution in [2.45, 2.75) is 6.92 Å². The predicted octanol–water partition coefficient (Wildman–Crippen LogP) is 3.72. The zero-order valence-electron chi connectivity index (χ0n) is 12.8. The van der Waals surface area contributed by atoms with Crippen LogP contribution < -0.4 is 15.4 Å². The van der Waals surface area contributed by atoms with Crippen LogP contribution in [0.3, 0.4) is 0 Å². The van der Waals surface area contributed by atoms with E-state index in [-0.39, 0.29) is 0 Å². The van der Waals surface area contributed by atoms with Crippen LogP contribution in [0.4, 0.5) is 5.69 Å². The summed E-state index contributed by atoms with van der Waals surface area (Å²) in [6, 6.07) is 15.6. The molecule has 2 aromatic carbocycles. The van der Waals surface area contributed by atoms with Gasteiger partial charge in [-0.3, -0.25) is 0 Å². The molecule has 0 bridgehead atoms. The van der Waals surface area contributed by atoms with Crippen LogP contribution in [0.15, 0.2) is 48.5 Å². The van der Waals surface area contributed by atoms with E-state index in [2.05, 4.69) is 10.6 Å². The lowest BCUT2D eigenvalue weighted by atomic mass is 10.2. The molecule has 116 valence electrons. The van der Waals surface area contributed by atoms with Gasteiger partial charge in [0.05, 0.1) is 6.61 Å². The van der Waals surface area contributed by atoms with Crippen LogP contribution in [0.25, 0.3) is 0 Å². The van der Waals surface area contributed by atoms with E-state index in [1.807, 2.05) is 55.5 Å². The fourth-order valence-electron chi connectivity index (χ4n) is 1.86. The molecular weight excluding hydrogens is 296 g/mol. The van der Waals surface area contributed by atoms with Gasteiger partial charge in [0.25, 0.3) is 0 Å². The molecule has 2 aromatic rings. The van der Waals surface area contributed by atoms with Gasteiger partial charge in [-0.1, -0.05) is 12.1 Å². The molecule has 0 unspecified atom stereocenters. The molecule has 2 rings (SSSR count). The Labute approximate surface area is 136 Å². The third kappa shape index (κ3) is 5.35. The third-order valence-corrected chi connectivity index (χ3v) is 3.18. The summed E-state index contributed by atoms with van der Waals surface area (Å²) in [4.78, 5) is 0. The molecule has 0 heterocycles. The van der Waals surface area contributed by atoms with Crippen molar-refractivity contribution in [3.05, 3.63) is 54.1 Å². The molecule has 0 aliphatic heterocycles. The first-order chi connectivity index (χ1) is 10.7. The molecule has 0 atom stereocenters. The highest BCUT2D eigenvalue weighted by molar-refractivity contribution is 7.80. The first-order valence-corrected chi connectivity index (χ1v) is 7.46. The summed E-state index contributed by atoms with van der Waals surface area (Å²) in [6.45, 7) is 3.33. The van der Waals surface area contributed by atoms with Gasteiger partial charge in [0, 0.05) is 19.3 Å². The molecule has 5 heteroatoms. The lowest BCUT2D eigenvalue weighted by molar-refractivity contribution is 0.204. The number of anilines is 1. The normalized spacial score (nSPS) is 10.1. The highest BCUT2D eigenvalue weighted by Gasteiger charge is 2.00. The molecule has 4 nitrogen and oxygen atoms in total. The maximum Gasteiger partial charge on any atom is 0.170 e. The summed E-state index contributed by atoms with van der Waals surface area (Å²) >= 11 is 5.19. The SMILES string of the molecule is COCCNC(=S)Nc1ccc(Oc2cccc(C)c2)cc1. The van der Waals surface area contributed by atoms with Crippen molar-refractivity contribution in [1.29, 1.82) is 0 Å². The van der Waals surface area contributed by atoms with Gasteiger partial charge in [0.1, 0.15) is 11.5 Å². The van der Waals surface area contributed by atoms with Gasteiger partial charge < -0.3 is 20.1 Å². The minimum Gasteiger partial charge on any atom is -0.457 e. The highest BCUT2D eigenvalue weighted by atomic mass is 32.1. The largest absolute Gasteiger partial charge is 0.457 e. The number of nitrogens with one attached hydrogen (secondary N) is 2. The van der Waals surface area contributed by atoms with Crippen LogP contribution in [-0.4, -0.2) is 25.4 Å². The molecule has 0 spiro atoms. The average Bonchev–Trinajstić information content (AvgIpc) is 2.50. The Morgan fingerprint density at radius 3 is 2.55 bits per heavy atom. The van der Waals surface area contributed by atoms with Crippen LogP contribution in [0.2, 0.25) is 0 Å². The number of ether oxygens (including phenoxy) is 2. The molecule has 0 saturated carbocycles. The second kappa shape index (κ2) is 8.36. The lowest BCUT2D eigenvalue weighted by Gasteiger charge is -2.11. The van der Waals surface area contributed by atoms with E-state index < -0.39 is 0 Å². The van der Waals surface area contributed by atoms with Gasteiger partial charge >= 0.3 is 0 Å². The summed E-state index contributed by atoms with van der Waals surface area (Å²) in [5.41, 5.74) is 2.08. The fourth-order valence-corrected chi connectivity index (χ4v) is 2.08. The molecule has 0 aliphatic rings. The molecule has 0 saturated heterocycles. The molecule has 2 N–H and O–H groups in total. The fraction of sp³-hybridized carbons (Fsp3) is 0.235. The Hall–Kier alpha value is -2.11. The van der Waals surface area contributed by atoms with Crippen LogP contribution >= 0.6 is 12.2 Å². The van der Waals surface area contributed by atoms with Crippen LogP contribution in [-0.2, 0) is 4.74 Å². The van der Waals surface area contributed by atoms with E-state index in [9.17, 15) is 0 Å². The lowest BCUT2D eigenvalue weighted by Crippen LogP contribution is -2.31. The number of rotatable bonds is 6. The number of benzene rings is 2. The molecular formula is C17H20N2O2S. The Morgan fingerprint density at radius 1 is 1.09 bits per heavy atom. The van der Waals surface area contributed by atoms with Crippen molar-refractivity contribution >= 4 is 23.0 Å². The summed E-state index contributed by atoms with van der Waals surface area (Å²) in [5.74, 6) is 1.62. The number of hydrogen-bond acceptors (Lipinski definition) is 3. The van der Waals surface area contributed by atoms with Crippen molar-refractivity contribution in [3.8, 4) is 11.5 Å². The maximum atomic E-state index is 5.81. The van der Waals surface area contributed by atoms with Gasteiger partial charge in [-0.25, -0.2) is 0 Å². The highest BCUT2D eigenvalue weighted by Crippen LogP contribution is 2.23. The zero-order chi connectivity index (χ0) is 15.8. The van der Waals surface area contributed by atoms with Crippen molar-refractivity contribution in [2.75, 3.05) is 25.6 Å². The minimum absolute atomic E-state index is 0.574. The standard InChI is InChI=1S/C17H20N2O2S/c1-13-4-3-5-16(12-13)21-15-8-6-14(7-9-15)19-17(22)18-10-11-20-2/h3-9,12H,10-11H2,1-2H3,(H2,18,19,22). The second-order valence-electron chi connectivity index (χ2n) is 4.82. The van der Waals surface area contributed by atoms with E-state index in [1.165, 1.54) is 5.56 Å². The average molecular weight is 316 g/mol. The van der Waals surface area contributed by atoms with Gasteiger partial charge in [0.2, 0.25) is 0 Å². The Kier molecular flexibility index (Phi) is 6.18. The van der Waals surface area contributed by atoms with Crippen LogP contribution in [0, 0.1) is 6.92 Å². The number of aryl methyl sites for hydroxylation is 1. The summed E-state index contributed by atoms with van der Waals surface area (Å²) in [7, 11) is 1.66. The van der Waals surface area contributed by atoms with Gasteiger partial charge in [-0.05, 0) is 61.1 Å². The first kappa shape index (κ1) is 16.3. The quantitative estimate of drug-likeness (QED) is 0.628. The van der Waals surface area contributed by atoms with E-state index in [0.29, 0.717) is 18.3 Å². The van der Waals surface area contributed by atoms with E-state index in [1.54, 1.807) is 7.11 Å². The van der Waals surface area contributed by atoms with Gasteiger partial charge in [-0.2, -0.15) is 0 Å². The summed E-state index contributed by atoms with van der Waals surface area (Å²) in [5, 5.41) is 6.74. The Balaban J connectivity index is 1.88.